The van der Waals surface area contributed by atoms with E-state index in [9.17, 15) is 9.18 Å². The quantitative estimate of drug-likeness (QED) is 0.785. The second-order valence-corrected chi connectivity index (χ2v) is 5.27. The molecule has 5 heteroatoms. The molecule has 19 heavy (non-hydrogen) atoms. The summed E-state index contributed by atoms with van der Waals surface area (Å²) >= 11 is 4.90. The maximum absolute atomic E-state index is 13.0. The molecule has 0 aliphatic carbocycles. The van der Waals surface area contributed by atoms with Crippen LogP contribution in [-0.4, -0.2) is 17.4 Å². The van der Waals surface area contributed by atoms with Gasteiger partial charge in [-0.15, -0.1) is 0 Å². The number of nitrogens with one attached hydrogen (secondary N) is 1. The van der Waals surface area contributed by atoms with Crippen molar-refractivity contribution < 1.29 is 9.18 Å². The molecule has 1 aromatic rings. The van der Waals surface area contributed by atoms with Crippen LogP contribution in [-0.2, 0) is 11.2 Å². The van der Waals surface area contributed by atoms with E-state index in [-0.39, 0.29) is 22.6 Å². The van der Waals surface area contributed by atoms with Crippen LogP contribution in [0.25, 0.3) is 0 Å². The van der Waals surface area contributed by atoms with Gasteiger partial charge in [-0.1, -0.05) is 38.2 Å². The first kappa shape index (κ1) is 15.6. The van der Waals surface area contributed by atoms with Gasteiger partial charge in [-0.05, 0) is 30.0 Å². The molecule has 104 valence electrons. The minimum absolute atomic E-state index is 0.0617. The second-order valence-electron chi connectivity index (χ2n) is 4.80. The van der Waals surface area contributed by atoms with Gasteiger partial charge in [-0.25, -0.2) is 4.39 Å². The van der Waals surface area contributed by atoms with E-state index in [0.717, 1.165) is 5.56 Å². The first-order valence-electron chi connectivity index (χ1n) is 6.23. The van der Waals surface area contributed by atoms with Crippen LogP contribution in [0.1, 0.15) is 19.4 Å². The molecule has 0 spiro atoms. The Kier molecular flexibility index (Phi) is 5.89. The Hall–Kier alpha value is -1.49. The molecule has 0 aromatic heterocycles. The zero-order valence-corrected chi connectivity index (χ0v) is 12.0. The molecule has 3 nitrogen and oxygen atoms in total. The van der Waals surface area contributed by atoms with E-state index < -0.39 is 5.92 Å². The summed E-state index contributed by atoms with van der Waals surface area (Å²) in [5.41, 5.74) is 6.41. The number of amides is 1. The molecule has 0 aliphatic rings. The number of carbonyl (C=O) groups is 1. The highest BCUT2D eigenvalue weighted by Gasteiger charge is 2.24. The van der Waals surface area contributed by atoms with Crippen molar-refractivity contribution >= 4 is 23.1 Å². The molecule has 1 unspecified atom stereocenters. The lowest BCUT2D eigenvalue weighted by Crippen LogP contribution is -2.41. The van der Waals surface area contributed by atoms with Gasteiger partial charge in [0, 0.05) is 6.54 Å². The summed E-state index contributed by atoms with van der Waals surface area (Å²) in [6, 6.07) is 6.32. The van der Waals surface area contributed by atoms with Crippen LogP contribution in [0.2, 0.25) is 0 Å². The van der Waals surface area contributed by atoms with Gasteiger partial charge >= 0.3 is 0 Å². The van der Waals surface area contributed by atoms with Crippen molar-refractivity contribution in [1.82, 2.24) is 5.32 Å². The monoisotopic (exact) mass is 282 g/mol. The molecule has 0 saturated carbocycles. The summed E-state index contributed by atoms with van der Waals surface area (Å²) in [5, 5.41) is 2.78. The second kappa shape index (κ2) is 7.19. The zero-order chi connectivity index (χ0) is 14.4. The Labute approximate surface area is 118 Å². The Morgan fingerprint density at radius 1 is 1.47 bits per heavy atom. The molecule has 0 saturated heterocycles. The average molecular weight is 282 g/mol. The first-order valence-corrected chi connectivity index (χ1v) is 6.64. The van der Waals surface area contributed by atoms with E-state index in [1.54, 1.807) is 6.07 Å². The highest BCUT2D eigenvalue weighted by atomic mass is 32.1. The van der Waals surface area contributed by atoms with Crippen LogP contribution in [0.5, 0.6) is 0 Å². The number of thiocarbonyl (C=S) groups is 1. The van der Waals surface area contributed by atoms with Gasteiger partial charge in [0.05, 0.1) is 10.9 Å². The Morgan fingerprint density at radius 3 is 2.68 bits per heavy atom. The Balaban J connectivity index is 2.48. The van der Waals surface area contributed by atoms with Gasteiger partial charge in [0.1, 0.15) is 5.82 Å². The smallest absolute Gasteiger partial charge is 0.230 e. The molecule has 3 N–H and O–H groups in total. The molecule has 0 bridgehead atoms. The van der Waals surface area contributed by atoms with Crippen LogP contribution in [0.15, 0.2) is 24.3 Å². The van der Waals surface area contributed by atoms with Crippen LogP contribution in [0.3, 0.4) is 0 Å². The number of benzene rings is 1. The standard InChI is InChI=1S/C14H19FN2OS/c1-9(2)12(13(16)19)14(18)17-7-6-10-4-3-5-11(15)8-10/h3-5,8-9,12H,6-7H2,1-2H3,(H2,16,19)(H,17,18). The molecule has 1 rings (SSSR count). The topological polar surface area (TPSA) is 55.1 Å². The Bertz CT molecular complexity index is 463. The molecule has 0 fully saturated rings. The Morgan fingerprint density at radius 2 is 2.16 bits per heavy atom. The predicted octanol–water partition coefficient (Wildman–Crippen LogP) is 2.04. The molecule has 1 amide bonds. The van der Waals surface area contributed by atoms with E-state index >= 15 is 0 Å². The normalized spacial score (nSPS) is 12.2. The van der Waals surface area contributed by atoms with Crippen LogP contribution < -0.4 is 11.1 Å². The van der Waals surface area contributed by atoms with Crippen molar-refractivity contribution in [3.8, 4) is 0 Å². The average Bonchev–Trinajstić information content (AvgIpc) is 2.27. The van der Waals surface area contributed by atoms with Crippen LogP contribution in [0, 0.1) is 17.7 Å². The van der Waals surface area contributed by atoms with Crippen molar-refractivity contribution in [2.45, 2.75) is 20.3 Å². The van der Waals surface area contributed by atoms with Crippen molar-refractivity contribution in [2.75, 3.05) is 6.54 Å². The molecular formula is C14H19FN2OS. The molecule has 0 radical (unpaired) electrons. The summed E-state index contributed by atoms with van der Waals surface area (Å²) in [4.78, 5) is 12.1. The summed E-state index contributed by atoms with van der Waals surface area (Å²) < 4.78 is 13.0. The number of rotatable bonds is 6. The number of carbonyl (C=O) groups excluding carboxylic acids is 1. The minimum Gasteiger partial charge on any atom is -0.393 e. The minimum atomic E-state index is -0.456. The third-order valence-electron chi connectivity index (χ3n) is 2.86. The van der Waals surface area contributed by atoms with Gasteiger partial charge in [0.25, 0.3) is 0 Å². The highest BCUT2D eigenvalue weighted by molar-refractivity contribution is 7.80. The number of nitrogens with two attached hydrogens (primary N) is 1. The molecular weight excluding hydrogens is 263 g/mol. The third kappa shape index (κ3) is 4.95. The van der Waals surface area contributed by atoms with Crippen molar-refractivity contribution in [3.63, 3.8) is 0 Å². The van der Waals surface area contributed by atoms with E-state index in [1.807, 2.05) is 19.9 Å². The molecule has 1 atom stereocenters. The van der Waals surface area contributed by atoms with E-state index in [1.165, 1.54) is 12.1 Å². The molecule has 0 aliphatic heterocycles. The first-order chi connectivity index (χ1) is 8.91. The summed E-state index contributed by atoms with van der Waals surface area (Å²) in [6.07, 6.45) is 0.575. The van der Waals surface area contributed by atoms with Gasteiger partial charge in [0.2, 0.25) is 5.91 Å². The lowest BCUT2D eigenvalue weighted by atomic mass is 9.95. The fourth-order valence-electron chi connectivity index (χ4n) is 1.89. The van der Waals surface area contributed by atoms with Crippen LogP contribution >= 0.6 is 12.2 Å². The zero-order valence-electron chi connectivity index (χ0n) is 11.2. The van der Waals surface area contributed by atoms with Gasteiger partial charge < -0.3 is 11.1 Å². The lowest BCUT2D eigenvalue weighted by Gasteiger charge is -2.18. The maximum atomic E-state index is 13.0. The van der Waals surface area contributed by atoms with E-state index in [0.29, 0.717) is 13.0 Å². The SMILES string of the molecule is CC(C)C(C(=O)NCCc1cccc(F)c1)C(N)=S. The third-order valence-corrected chi connectivity index (χ3v) is 3.11. The van der Waals surface area contributed by atoms with E-state index in [4.69, 9.17) is 18.0 Å². The number of hydrogen-bond donors (Lipinski definition) is 2. The van der Waals surface area contributed by atoms with Crippen LogP contribution in [0.4, 0.5) is 4.39 Å². The summed E-state index contributed by atoms with van der Waals surface area (Å²) in [6.45, 7) is 4.24. The van der Waals surface area contributed by atoms with Gasteiger partial charge in [-0.3, -0.25) is 4.79 Å². The van der Waals surface area contributed by atoms with E-state index in [2.05, 4.69) is 5.32 Å². The fraction of sp³-hybridized carbons (Fsp3) is 0.429. The van der Waals surface area contributed by atoms with Gasteiger partial charge in [0.15, 0.2) is 0 Å². The van der Waals surface area contributed by atoms with Crippen molar-refractivity contribution in [2.24, 2.45) is 17.6 Å². The molecule has 0 heterocycles. The largest absolute Gasteiger partial charge is 0.393 e. The highest BCUT2D eigenvalue weighted by Crippen LogP contribution is 2.11. The number of halogens is 1. The molecule has 1 aromatic carbocycles. The predicted molar refractivity (Wildman–Crippen MR) is 78.2 cm³/mol. The fourth-order valence-corrected chi connectivity index (χ4v) is 2.27. The maximum Gasteiger partial charge on any atom is 0.230 e. The van der Waals surface area contributed by atoms with Crippen molar-refractivity contribution in [1.29, 1.82) is 0 Å². The van der Waals surface area contributed by atoms with Crippen molar-refractivity contribution in [3.05, 3.63) is 35.6 Å². The lowest BCUT2D eigenvalue weighted by molar-refractivity contribution is -0.123. The summed E-state index contributed by atoms with van der Waals surface area (Å²) in [7, 11) is 0. The number of hydrogen-bond acceptors (Lipinski definition) is 2. The van der Waals surface area contributed by atoms with Gasteiger partial charge in [-0.2, -0.15) is 0 Å². The summed E-state index contributed by atoms with van der Waals surface area (Å²) in [5.74, 6) is -0.833.